The predicted molar refractivity (Wildman–Crippen MR) is 81.0 cm³/mol. The van der Waals surface area contributed by atoms with Gasteiger partial charge in [-0.2, -0.15) is 0 Å². The Morgan fingerprint density at radius 2 is 2.05 bits per heavy atom. The van der Waals surface area contributed by atoms with E-state index in [-0.39, 0.29) is 12.1 Å². The second kappa shape index (κ2) is 7.28. The zero-order valence-corrected chi connectivity index (χ0v) is 12.2. The maximum Gasteiger partial charge on any atom is 0.315 e. The van der Waals surface area contributed by atoms with Crippen molar-refractivity contribution in [2.75, 3.05) is 7.11 Å². The van der Waals surface area contributed by atoms with Crippen molar-refractivity contribution < 1.29 is 9.53 Å². The average Bonchev–Trinajstić information content (AvgIpc) is 2.54. The van der Waals surface area contributed by atoms with Crippen LogP contribution in [0.1, 0.15) is 24.1 Å². The molecule has 1 aromatic heterocycles. The maximum absolute atomic E-state index is 11.9. The molecule has 0 spiro atoms. The van der Waals surface area contributed by atoms with Crippen molar-refractivity contribution in [1.82, 2.24) is 15.6 Å². The van der Waals surface area contributed by atoms with Crippen molar-refractivity contribution in [3.05, 3.63) is 59.8 Å². The minimum atomic E-state index is -0.206. The Morgan fingerprint density at radius 3 is 2.76 bits per heavy atom. The second-order valence-electron chi connectivity index (χ2n) is 4.67. The van der Waals surface area contributed by atoms with Gasteiger partial charge in [0.25, 0.3) is 0 Å². The van der Waals surface area contributed by atoms with Crippen LogP contribution < -0.4 is 15.4 Å². The molecule has 2 amide bonds. The minimum absolute atomic E-state index is 0.0434. The highest BCUT2D eigenvalue weighted by molar-refractivity contribution is 5.74. The predicted octanol–water partition coefficient (Wildman–Crippen LogP) is 2.65. The van der Waals surface area contributed by atoms with Crippen LogP contribution in [0.2, 0.25) is 0 Å². The summed E-state index contributed by atoms with van der Waals surface area (Å²) in [6.07, 6.45) is 1.65. The van der Waals surface area contributed by atoms with Gasteiger partial charge in [0.2, 0.25) is 5.88 Å². The van der Waals surface area contributed by atoms with Crippen LogP contribution in [0, 0.1) is 0 Å². The number of urea groups is 1. The molecule has 0 aliphatic heterocycles. The van der Waals surface area contributed by atoms with Crippen LogP contribution in [0.3, 0.4) is 0 Å². The summed E-state index contributed by atoms with van der Waals surface area (Å²) in [6.45, 7) is 2.37. The smallest absolute Gasteiger partial charge is 0.315 e. The Kier molecular flexibility index (Phi) is 5.15. The van der Waals surface area contributed by atoms with Gasteiger partial charge in [-0.25, -0.2) is 9.78 Å². The van der Waals surface area contributed by atoms with E-state index >= 15 is 0 Å². The van der Waals surface area contributed by atoms with Gasteiger partial charge in [0.15, 0.2) is 0 Å². The average molecular weight is 285 g/mol. The summed E-state index contributed by atoms with van der Waals surface area (Å²) < 4.78 is 5.04. The maximum atomic E-state index is 11.9. The van der Waals surface area contributed by atoms with Gasteiger partial charge in [0, 0.05) is 18.8 Å². The molecule has 0 aliphatic rings. The van der Waals surface area contributed by atoms with E-state index in [1.165, 1.54) is 0 Å². The van der Waals surface area contributed by atoms with E-state index in [4.69, 9.17) is 4.74 Å². The summed E-state index contributed by atoms with van der Waals surface area (Å²) in [5, 5.41) is 5.72. The third-order valence-electron chi connectivity index (χ3n) is 3.11. The van der Waals surface area contributed by atoms with E-state index in [0.29, 0.717) is 12.4 Å². The van der Waals surface area contributed by atoms with Crippen molar-refractivity contribution in [1.29, 1.82) is 0 Å². The highest BCUT2D eigenvalue weighted by atomic mass is 16.5. The van der Waals surface area contributed by atoms with Crippen LogP contribution in [0.4, 0.5) is 4.79 Å². The Hall–Kier alpha value is -2.56. The van der Waals surface area contributed by atoms with E-state index < -0.39 is 0 Å². The lowest BCUT2D eigenvalue weighted by Gasteiger charge is -2.15. The fourth-order valence-electron chi connectivity index (χ4n) is 1.93. The summed E-state index contributed by atoms with van der Waals surface area (Å²) >= 11 is 0. The largest absolute Gasteiger partial charge is 0.481 e. The zero-order valence-electron chi connectivity index (χ0n) is 12.2. The Balaban J connectivity index is 1.84. The van der Waals surface area contributed by atoms with Gasteiger partial charge in [-0.3, -0.25) is 0 Å². The number of methoxy groups -OCH3 is 1. The van der Waals surface area contributed by atoms with Crippen LogP contribution in [0.5, 0.6) is 5.88 Å². The van der Waals surface area contributed by atoms with Crippen molar-refractivity contribution in [3.8, 4) is 5.88 Å². The molecule has 5 heteroatoms. The first kappa shape index (κ1) is 14.8. The van der Waals surface area contributed by atoms with Gasteiger partial charge < -0.3 is 15.4 Å². The summed E-state index contributed by atoms with van der Waals surface area (Å²) in [5.41, 5.74) is 2.00. The summed E-state index contributed by atoms with van der Waals surface area (Å²) in [7, 11) is 1.56. The van der Waals surface area contributed by atoms with Gasteiger partial charge in [-0.15, -0.1) is 0 Å². The third kappa shape index (κ3) is 4.49. The Labute approximate surface area is 124 Å². The number of pyridine rings is 1. The van der Waals surface area contributed by atoms with Crippen molar-refractivity contribution in [2.45, 2.75) is 19.5 Å². The molecule has 0 radical (unpaired) electrons. The number of hydrogen-bond acceptors (Lipinski definition) is 3. The molecule has 5 nitrogen and oxygen atoms in total. The molecule has 110 valence electrons. The van der Waals surface area contributed by atoms with E-state index in [0.717, 1.165) is 11.1 Å². The third-order valence-corrected chi connectivity index (χ3v) is 3.11. The number of nitrogens with one attached hydrogen (secondary N) is 2. The molecule has 0 saturated carbocycles. The molecule has 2 N–H and O–H groups in total. The van der Waals surface area contributed by atoms with E-state index in [9.17, 15) is 4.79 Å². The molecule has 2 aromatic rings. The summed E-state index contributed by atoms with van der Waals surface area (Å²) in [4.78, 5) is 15.9. The van der Waals surface area contributed by atoms with Gasteiger partial charge in [-0.1, -0.05) is 30.3 Å². The highest BCUT2D eigenvalue weighted by Crippen LogP contribution is 2.11. The zero-order chi connectivity index (χ0) is 15.1. The van der Waals surface area contributed by atoms with Crippen molar-refractivity contribution in [2.24, 2.45) is 0 Å². The van der Waals surface area contributed by atoms with Gasteiger partial charge in [0.1, 0.15) is 0 Å². The molecule has 1 atom stereocenters. The number of carbonyl (C=O) groups excluding carboxylic acids is 1. The van der Waals surface area contributed by atoms with Crippen LogP contribution in [0.15, 0.2) is 48.7 Å². The molecule has 0 fully saturated rings. The van der Waals surface area contributed by atoms with Gasteiger partial charge in [-0.05, 0) is 24.1 Å². The molecular formula is C16H19N3O2. The minimum Gasteiger partial charge on any atom is -0.481 e. The molecule has 0 unspecified atom stereocenters. The summed E-state index contributed by atoms with van der Waals surface area (Å²) in [5.74, 6) is 0.535. The molecule has 0 aliphatic carbocycles. The number of aromatic nitrogens is 1. The quantitative estimate of drug-likeness (QED) is 0.887. The first-order chi connectivity index (χ1) is 10.2. The standard InChI is InChI=1S/C16H19N3O2/c1-12(14-6-4-3-5-7-14)19-16(20)18-11-13-8-9-17-15(10-13)21-2/h3-10,12H,11H2,1-2H3,(H2,18,19,20)/t12-/m1/s1. The topological polar surface area (TPSA) is 63.2 Å². The van der Waals surface area contributed by atoms with Crippen LogP contribution >= 0.6 is 0 Å². The SMILES string of the molecule is COc1cc(CNC(=O)N[C@H](C)c2ccccc2)ccn1. The number of hydrogen-bond donors (Lipinski definition) is 2. The number of benzene rings is 1. The lowest BCUT2D eigenvalue weighted by Crippen LogP contribution is -2.36. The van der Waals surface area contributed by atoms with Crippen molar-refractivity contribution in [3.63, 3.8) is 0 Å². The van der Waals surface area contributed by atoms with Crippen LogP contribution in [-0.2, 0) is 6.54 Å². The monoisotopic (exact) mass is 285 g/mol. The highest BCUT2D eigenvalue weighted by Gasteiger charge is 2.08. The van der Waals surface area contributed by atoms with Gasteiger partial charge >= 0.3 is 6.03 Å². The fraction of sp³-hybridized carbons (Fsp3) is 0.250. The fourth-order valence-corrected chi connectivity index (χ4v) is 1.93. The molecule has 1 aromatic carbocycles. The van der Waals surface area contributed by atoms with Crippen LogP contribution in [-0.4, -0.2) is 18.1 Å². The molecule has 2 rings (SSSR count). The molecule has 0 bridgehead atoms. The molecule has 0 saturated heterocycles. The molecule has 21 heavy (non-hydrogen) atoms. The van der Waals surface area contributed by atoms with E-state index in [1.807, 2.05) is 43.3 Å². The number of amides is 2. The first-order valence-electron chi connectivity index (χ1n) is 6.77. The number of rotatable bonds is 5. The van der Waals surface area contributed by atoms with E-state index in [1.54, 1.807) is 19.4 Å². The Bertz CT molecular complexity index is 587. The number of carbonyl (C=O) groups is 1. The number of ether oxygens (including phenoxy) is 1. The van der Waals surface area contributed by atoms with Crippen LogP contribution in [0.25, 0.3) is 0 Å². The number of nitrogens with zero attached hydrogens (tertiary/aromatic N) is 1. The normalized spacial score (nSPS) is 11.5. The van der Waals surface area contributed by atoms with Gasteiger partial charge in [0.05, 0.1) is 13.2 Å². The second-order valence-corrected chi connectivity index (χ2v) is 4.67. The molecule has 1 heterocycles. The van der Waals surface area contributed by atoms with E-state index in [2.05, 4.69) is 15.6 Å². The van der Waals surface area contributed by atoms with Crippen molar-refractivity contribution >= 4 is 6.03 Å². The Morgan fingerprint density at radius 1 is 1.29 bits per heavy atom. The first-order valence-corrected chi connectivity index (χ1v) is 6.77. The lowest BCUT2D eigenvalue weighted by molar-refractivity contribution is 0.237. The lowest BCUT2D eigenvalue weighted by atomic mass is 10.1. The molecular weight excluding hydrogens is 266 g/mol. The summed E-state index contributed by atoms with van der Waals surface area (Å²) in [6, 6.07) is 13.2.